The lowest BCUT2D eigenvalue weighted by Gasteiger charge is -2.25. The Morgan fingerprint density at radius 1 is 1.50 bits per heavy atom. The molecule has 1 rings (SSSR count). The molecule has 0 saturated carbocycles. The topological polar surface area (TPSA) is 64.6 Å². The Balaban J connectivity index is 2.60. The van der Waals surface area contributed by atoms with Gasteiger partial charge in [0.15, 0.2) is 0 Å². The molecule has 1 heterocycles. The average molecular weight is 229 g/mol. The average Bonchev–Trinajstić information content (AvgIpc) is 2.28. The van der Waals surface area contributed by atoms with Gasteiger partial charge in [-0.3, -0.25) is 0 Å². The fourth-order valence-corrected chi connectivity index (χ4v) is 1.42. The van der Waals surface area contributed by atoms with Gasteiger partial charge in [-0.1, -0.05) is 13.8 Å². The van der Waals surface area contributed by atoms with Crippen molar-refractivity contribution in [2.75, 3.05) is 6.61 Å². The number of nitrogens with one attached hydrogen (secondary N) is 1. The zero-order valence-electron chi connectivity index (χ0n) is 10.4. The summed E-state index contributed by atoms with van der Waals surface area (Å²) in [5.74, 6) is -0.407. The van der Waals surface area contributed by atoms with Gasteiger partial charge in [0.05, 0.1) is 6.61 Å². The second-order valence-electron chi connectivity index (χ2n) is 5.68. The van der Waals surface area contributed by atoms with Crippen LogP contribution in [-0.2, 0) is 14.3 Å². The predicted molar refractivity (Wildman–Crippen MR) is 57.9 cm³/mol. The minimum Gasteiger partial charge on any atom is -0.463 e. The van der Waals surface area contributed by atoms with Crippen LogP contribution in [0.2, 0.25) is 0 Å². The van der Waals surface area contributed by atoms with Crippen LogP contribution in [-0.4, -0.2) is 30.3 Å². The number of hydrogen-bond acceptors (Lipinski definition) is 4. The van der Waals surface area contributed by atoms with E-state index in [4.69, 9.17) is 9.47 Å². The second kappa shape index (κ2) is 3.96. The SMILES string of the molecule is CC(C)(C)OC(=O)N[C@H]1C(=O)OCC1(C)C. The van der Waals surface area contributed by atoms with Gasteiger partial charge in [0, 0.05) is 5.41 Å². The van der Waals surface area contributed by atoms with Crippen LogP contribution in [0.25, 0.3) is 0 Å². The van der Waals surface area contributed by atoms with Crippen LogP contribution in [0.3, 0.4) is 0 Å². The Morgan fingerprint density at radius 2 is 2.06 bits per heavy atom. The highest BCUT2D eigenvalue weighted by Crippen LogP contribution is 2.28. The molecule has 5 nitrogen and oxygen atoms in total. The number of amides is 1. The first-order valence-corrected chi connectivity index (χ1v) is 5.28. The molecule has 1 atom stereocenters. The minimum atomic E-state index is -0.637. The molecule has 5 heteroatoms. The van der Waals surface area contributed by atoms with E-state index in [0.29, 0.717) is 6.61 Å². The van der Waals surface area contributed by atoms with Gasteiger partial charge in [0.25, 0.3) is 0 Å². The van der Waals surface area contributed by atoms with Crippen molar-refractivity contribution in [1.82, 2.24) is 5.32 Å². The molecule has 0 aliphatic carbocycles. The van der Waals surface area contributed by atoms with Gasteiger partial charge in [0.1, 0.15) is 11.6 Å². The molecule has 1 saturated heterocycles. The standard InChI is InChI=1S/C11H19NO4/c1-10(2,3)16-9(14)12-7-8(13)15-6-11(7,4)5/h7H,6H2,1-5H3,(H,12,14)/t7-/m0/s1. The molecule has 1 aliphatic heterocycles. The van der Waals surface area contributed by atoms with Crippen molar-refractivity contribution in [3.8, 4) is 0 Å². The van der Waals surface area contributed by atoms with Crippen LogP contribution in [0.5, 0.6) is 0 Å². The van der Waals surface area contributed by atoms with Crippen LogP contribution in [0.4, 0.5) is 4.79 Å². The van der Waals surface area contributed by atoms with E-state index >= 15 is 0 Å². The summed E-state index contributed by atoms with van der Waals surface area (Å²) < 4.78 is 9.99. The fourth-order valence-electron chi connectivity index (χ4n) is 1.42. The summed E-state index contributed by atoms with van der Waals surface area (Å²) >= 11 is 0. The maximum absolute atomic E-state index is 11.5. The molecule has 0 aromatic carbocycles. The first-order valence-electron chi connectivity index (χ1n) is 5.28. The number of alkyl carbamates (subject to hydrolysis) is 1. The van der Waals surface area contributed by atoms with Gasteiger partial charge in [0.2, 0.25) is 0 Å². The van der Waals surface area contributed by atoms with Crippen LogP contribution >= 0.6 is 0 Å². The summed E-state index contributed by atoms with van der Waals surface area (Å²) in [4.78, 5) is 22.9. The normalized spacial score (nSPS) is 23.8. The number of esters is 1. The molecule has 16 heavy (non-hydrogen) atoms. The first kappa shape index (κ1) is 12.8. The van der Waals surface area contributed by atoms with Gasteiger partial charge >= 0.3 is 12.1 Å². The van der Waals surface area contributed by atoms with E-state index < -0.39 is 29.1 Å². The van der Waals surface area contributed by atoms with Crippen molar-refractivity contribution in [2.45, 2.75) is 46.3 Å². The molecule has 1 amide bonds. The Labute approximate surface area is 95.5 Å². The molecule has 0 spiro atoms. The summed E-state index contributed by atoms with van der Waals surface area (Å²) in [5, 5.41) is 2.54. The number of hydrogen-bond donors (Lipinski definition) is 1. The molecule has 0 radical (unpaired) electrons. The molecule has 92 valence electrons. The Morgan fingerprint density at radius 3 is 2.44 bits per heavy atom. The molecular weight excluding hydrogens is 210 g/mol. The molecule has 0 aromatic rings. The van der Waals surface area contributed by atoms with Crippen LogP contribution in [0.15, 0.2) is 0 Å². The van der Waals surface area contributed by atoms with Crippen molar-refractivity contribution in [2.24, 2.45) is 5.41 Å². The summed E-state index contributed by atoms with van der Waals surface area (Å²) in [6.07, 6.45) is -0.593. The number of carbonyl (C=O) groups is 2. The van der Waals surface area contributed by atoms with Crippen molar-refractivity contribution in [3.63, 3.8) is 0 Å². The van der Waals surface area contributed by atoms with Crippen LogP contribution in [0.1, 0.15) is 34.6 Å². The molecule has 0 bridgehead atoms. The van der Waals surface area contributed by atoms with Crippen LogP contribution in [0, 0.1) is 5.41 Å². The molecule has 1 aliphatic rings. The summed E-state index contributed by atoms with van der Waals surface area (Å²) in [6, 6.07) is -0.637. The van der Waals surface area contributed by atoms with E-state index in [0.717, 1.165) is 0 Å². The molecule has 1 fully saturated rings. The summed E-state index contributed by atoms with van der Waals surface area (Å²) in [7, 11) is 0. The lowest BCUT2D eigenvalue weighted by Crippen LogP contribution is -2.48. The largest absolute Gasteiger partial charge is 0.463 e. The van der Waals surface area contributed by atoms with Crippen LogP contribution < -0.4 is 5.32 Å². The van der Waals surface area contributed by atoms with Crippen molar-refractivity contribution < 1.29 is 19.1 Å². The second-order valence-corrected chi connectivity index (χ2v) is 5.68. The van der Waals surface area contributed by atoms with Gasteiger partial charge in [-0.25, -0.2) is 9.59 Å². The quantitative estimate of drug-likeness (QED) is 0.691. The van der Waals surface area contributed by atoms with Gasteiger partial charge in [-0.05, 0) is 20.8 Å². The lowest BCUT2D eigenvalue weighted by molar-refractivity contribution is -0.139. The van der Waals surface area contributed by atoms with E-state index in [9.17, 15) is 9.59 Å². The van der Waals surface area contributed by atoms with Crippen molar-refractivity contribution in [1.29, 1.82) is 0 Å². The molecule has 0 aromatic heterocycles. The third kappa shape index (κ3) is 3.12. The number of rotatable bonds is 1. The Kier molecular flexibility index (Phi) is 3.17. The Hall–Kier alpha value is -1.26. The maximum Gasteiger partial charge on any atom is 0.408 e. The number of ether oxygens (including phenoxy) is 2. The van der Waals surface area contributed by atoms with Crippen molar-refractivity contribution >= 4 is 12.1 Å². The van der Waals surface area contributed by atoms with E-state index in [-0.39, 0.29) is 0 Å². The number of cyclic esters (lactones) is 1. The van der Waals surface area contributed by atoms with E-state index in [1.165, 1.54) is 0 Å². The van der Waals surface area contributed by atoms with Crippen molar-refractivity contribution in [3.05, 3.63) is 0 Å². The van der Waals surface area contributed by atoms with Gasteiger partial charge in [-0.2, -0.15) is 0 Å². The zero-order chi connectivity index (χ0) is 12.6. The third-order valence-corrected chi connectivity index (χ3v) is 2.26. The molecule has 1 N–H and O–H groups in total. The highest BCUT2D eigenvalue weighted by Gasteiger charge is 2.45. The lowest BCUT2D eigenvalue weighted by atomic mass is 9.88. The van der Waals surface area contributed by atoms with E-state index in [2.05, 4.69) is 5.32 Å². The number of carbonyl (C=O) groups excluding carboxylic acids is 2. The monoisotopic (exact) mass is 229 g/mol. The van der Waals surface area contributed by atoms with Gasteiger partial charge < -0.3 is 14.8 Å². The Bertz CT molecular complexity index is 304. The predicted octanol–water partition coefficient (Wildman–Crippen LogP) is 1.46. The zero-order valence-corrected chi connectivity index (χ0v) is 10.4. The summed E-state index contributed by atoms with van der Waals surface area (Å²) in [6.45, 7) is 9.34. The highest BCUT2D eigenvalue weighted by molar-refractivity contribution is 5.83. The van der Waals surface area contributed by atoms with E-state index in [1.54, 1.807) is 20.8 Å². The fraction of sp³-hybridized carbons (Fsp3) is 0.818. The smallest absolute Gasteiger partial charge is 0.408 e. The van der Waals surface area contributed by atoms with E-state index in [1.807, 2.05) is 13.8 Å². The molecule has 0 unspecified atom stereocenters. The highest BCUT2D eigenvalue weighted by atomic mass is 16.6. The minimum absolute atomic E-state index is 0.312. The first-order chi connectivity index (χ1) is 7.12. The van der Waals surface area contributed by atoms with Gasteiger partial charge in [-0.15, -0.1) is 0 Å². The maximum atomic E-state index is 11.5. The third-order valence-electron chi connectivity index (χ3n) is 2.26. The molecular formula is C11H19NO4. The summed E-state index contributed by atoms with van der Waals surface area (Å²) in [5.41, 5.74) is -0.968.